The maximum absolute atomic E-state index is 5.29. The van der Waals surface area contributed by atoms with Gasteiger partial charge in [0, 0.05) is 32.7 Å². The Kier molecular flexibility index (Phi) is 4.55. The second kappa shape index (κ2) is 6.58. The van der Waals surface area contributed by atoms with E-state index in [2.05, 4.69) is 33.6 Å². The first-order valence-electron chi connectivity index (χ1n) is 7.54. The summed E-state index contributed by atoms with van der Waals surface area (Å²) in [5, 5.41) is 6.57. The lowest BCUT2D eigenvalue weighted by molar-refractivity contribution is 0.161. The fourth-order valence-electron chi connectivity index (χ4n) is 2.79. The third-order valence-electron chi connectivity index (χ3n) is 3.83. The third kappa shape index (κ3) is 3.11. The van der Waals surface area contributed by atoms with Gasteiger partial charge in [-0.25, -0.2) is 4.98 Å². The molecule has 1 aliphatic heterocycles. The Morgan fingerprint density at radius 3 is 3.19 bits per heavy atom. The van der Waals surface area contributed by atoms with Gasteiger partial charge in [-0.1, -0.05) is 6.92 Å². The maximum Gasteiger partial charge on any atom is 0.226 e. The molecule has 2 aromatic rings. The summed E-state index contributed by atoms with van der Waals surface area (Å²) in [6.45, 7) is 5.94. The molecule has 5 nitrogen and oxygen atoms in total. The third-order valence-corrected chi connectivity index (χ3v) is 4.63. The fraction of sp³-hybridized carbons (Fsp3) is 0.600. The first-order chi connectivity index (χ1) is 10.3. The lowest BCUT2D eigenvalue weighted by Crippen LogP contribution is -2.23. The van der Waals surface area contributed by atoms with E-state index in [1.54, 1.807) is 18.4 Å². The summed E-state index contributed by atoms with van der Waals surface area (Å²) >= 11 is 1.68. The molecule has 6 heteroatoms. The Morgan fingerprint density at radius 2 is 2.38 bits per heavy atom. The number of thiophene rings is 1. The molecular formula is C15H22N4OS. The Bertz CT molecular complexity index is 600. The minimum absolute atomic E-state index is 0.603. The number of rotatable bonds is 6. The lowest BCUT2D eigenvalue weighted by atomic mass is 10.1. The van der Waals surface area contributed by atoms with Crippen LogP contribution in [0.2, 0.25) is 0 Å². The maximum atomic E-state index is 5.29. The zero-order valence-corrected chi connectivity index (χ0v) is 13.4. The van der Waals surface area contributed by atoms with Crippen LogP contribution in [-0.2, 0) is 4.74 Å². The molecule has 0 aromatic carbocycles. The van der Waals surface area contributed by atoms with Crippen molar-refractivity contribution >= 4 is 33.3 Å². The molecular weight excluding hydrogens is 284 g/mol. The first-order valence-corrected chi connectivity index (χ1v) is 8.42. The van der Waals surface area contributed by atoms with Crippen LogP contribution >= 0.6 is 11.3 Å². The van der Waals surface area contributed by atoms with E-state index in [-0.39, 0.29) is 0 Å². The van der Waals surface area contributed by atoms with Crippen LogP contribution in [0.5, 0.6) is 0 Å². The van der Waals surface area contributed by atoms with Gasteiger partial charge in [-0.3, -0.25) is 0 Å². The zero-order valence-electron chi connectivity index (χ0n) is 12.6. The standard InChI is InChI=1S/C15H22N4OS/c1-3-6-16-15-17-13(12-5-8-21-14(12)18-15)19-7-4-11(9-19)10-20-2/h5,8,11H,3-4,6-7,9-10H2,1-2H3,(H,16,17,18). The molecule has 1 unspecified atom stereocenters. The molecule has 114 valence electrons. The van der Waals surface area contributed by atoms with Crippen LogP contribution in [-0.4, -0.2) is 43.3 Å². The average Bonchev–Trinajstić information content (AvgIpc) is 3.13. The van der Waals surface area contributed by atoms with Gasteiger partial charge in [0.15, 0.2) is 0 Å². The van der Waals surface area contributed by atoms with Gasteiger partial charge >= 0.3 is 0 Å². The molecule has 3 rings (SSSR count). The van der Waals surface area contributed by atoms with Crippen molar-refractivity contribution in [2.45, 2.75) is 19.8 Å². The Labute approximate surface area is 129 Å². The highest BCUT2D eigenvalue weighted by atomic mass is 32.1. The van der Waals surface area contributed by atoms with E-state index in [1.165, 1.54) is 11.8 Å². The fourth-order valence-corrected chi connectivity index (χ4v) is 3.55. The predicted molar refractivity (Wildman–Crippen MR) is 88.4 cm³/mol. The van der Waals surface area contributed by atoms with Crippen molar-refractivity contribution in [1.29, 1.82) is 0 Å². The van der Waals surface area contributed by atoms with Crippen LogP contribution in [0.4, 0.5) is 11.8 Å². The molecule has 0 bridgehead atoms. The molecule has 1 aliphatic rings. The number of hydrogen-bond donors (Lipinski definition) is 1. The van der Waals surface area contributed by atoms with E-state index >= 15 is 0 Å². The summed E-state index contributed by atoms with van der Waals surface area (Å²) in [4.78, 5) is 12.8. The number of nitrogens with one attached hydrogen (secondary N) is 1. The van der Waals surface area contributed by atoms with E-state index in [1.807, 2.05) is 0 Å². The number of ether oxygens (including phenoxy) is 1. The summed E-state index contributed by atoms with van der Waals surface area (Å²) in [6, 6.07) is 2.13. The molecule has 21 heavy (non-hydrogen) atoms. The zero-order chi connectivity index (χ0) is 14.7. The molecule has 1 fully saturated rings. The molecule has 0 saturated carbocycles. The van der Waals surface area contributed by atoms with Crippen molar-refractivity contribution in [3.8, 4) is 0 Å². The van der Waals surface area contributed by atoms with E-state index in [9.17, 15) is 0 Å². The summed E-state index contributed by atoms with van der Waals surface area (Å²) in [5.74, 6) is 2.42. The minimum atomic E-state index is 0.603. The Balaban J connectivity index is 1.87. The summed E-state index contributed by atoms with van der Waals surface area (Å²) < 4.78 is 5.29. The van der Waals surface area contributed by atoms with Crippen LogP contribution < -0.4 is 10.2 Å². The Hall–Kier alpha value is -1.40. The molecule has 0 aliphatic carbocycles. The highest BCUT2D eigenvalue weighted by Crippen LogP contribution is 2.32. The number of hydrogen-bond acceptors (Lipinski definition) is 6. The minimum Gasteiger partial charge on any atom is -0.384 e. The molecule has 0 spiro atoms. The Morgan fingerprint density at radius 1 is 1.48 bits per heavy atom. The lowest BCUT2D eigenvalue weighted by Gasteiger charge is -2.19. The number of methoxy groups -OCH3 is 1. The first kappa shape index (κ1) is 14.5. The summed E-state index contributed by atoms with van der Waals surface area (Å²) in [6.07, 6.45) is 2.24. The number of anilines is 2. The second-order valence-corrected chi connectivity index (χ2v) is 6.39. The smallest absolute Gasteiger partial charge is 0.226 e. The van der Waals surface area contributed by atoms with Crippen molar-refractivity contribution in [1.82, 2.24) is 9.97 Å². The van der Waals surface area contributed by atoms with Crippen LogP contribution in [0.3, 0.4) is 0 Å². The van der Waals surface area contributed by atoms with Gasteiger partial charge in [0.2, 0.25) is 5.95 Å². The van der Waals surface area contributed by atoms with E-state index in [0.29, 0.717) is 5.92 Å². The van der Waals surface area contributed by atoms with E-state index in [4.69, 9.17) is 9.72 Å². The van der Waals surface area contributed by atoms with Crippen molar-refractivity contribution in [3.05, 3.63) is 11.4 Å². The number of fused-ring (bicyclic) bond motifs is 1. The van der Waals surface area contributed by atoms with Gasteiger partial charge in [0.25, 0.3) is 0 Å². The molecule has 2 aromatic heterocycles. The van der Waals surface area contributed by atoms with Crippen LogP contribution in [0.15, 0.2) is 11.4 Å². The number of aromatic nitrogens is 2. The molecule has 0 amide bonds. The van der Waals surface area contributed by atoms with Gasteiger partial charge in [-0.15, -0.1) is 11.3 Å². The van der Waals surface area contributed by atoms with Crippen molar-refractivity contribution in [2.24, 2.45) is 5.92 Å². The van der Waals surface area contributed by atoms with Crippen molar-refractivity contribution in [3.63, 3.8) is 0 Å². The molecule has 0 radical (unpaired) electrons. The van der Waals surface area contributed by atoms with Gasteiger partial charge in [-0.05, 0) is 24.3 Å². The van der Waals surface area contributed by atoms with Gasteiger partial charge < -0.3 is 15.0 Å². The van der Waals surface area contributed by atoms with E-state index < -0.39 is 0 Å². The van der Waals surface area contributed by atoms with Gasteiger partial charge in [0.05, 0.1) is 12.0 Å². The summed E-state index contributed by atoms with van der Waals surface area (Å²) in [5.41, 5.74) is 0. The van der Waals surface area contributed by atoms with Crippen molar-refractivity contribution < 1.29 is 4.74 Å². The highest BCUT2D eigenvalue weighted by Gasteiger charge is 2.25. The molecule has 1 saturated heterocycles. The summed E-state index contributed by atoms with van der Waals surface area (Å²) in [7, 11) is 1.77. The topological polar surface area (TPSA) is 50.3 Å². The molecule has 1 atom stereocenters. The largest absolute Gasteiger partial charge is 0.384 e. The van der Waals surface area contributed by atoms with E-state index in [0.717, 1.165) is 49.3 Å². The normalized spacial score (nSPS) is 18.6. The van der Waals surface area contributed by atoms with Gasteiger partial charge in [-0.2, -0.15) is 4.98 Å². The van der Waals surface area contributed by atoms with Gasteiger partial charge in [0.1, 0.15) is 10.6 Å². The highest BCUT2D eigenvalue weighted by molar-refractivity contribution is 7.16. The van der Waals surface area contributed by atoms with Crippen LogP contribution in [0.1, 0.15) is 19.8 Å². The van der Waals surface area contributed by atoms with Crippen LogP contribution in [0, 0.1) is 5.92 Å². The predicted octanol–water partition coefficient (Wildman–Crippen LogP) is 2.99. The average molecular weight is 306 g/mol. The quantitative estimate of drug-likeness (QED) is 0.889. The molecule has 1 N–H and O–H groups in total. The number of nitrogens with zero attached hydrogens (tertiary/aromatic N) is 3. The second-order valence-electron chi connectivity index (χ2n) is 5.49. The van der Waals surface area contributed by atoms with Crippen LogP contribution in [0.25, 0.3) is 10.2 Å². The molecule has 3 heterocycles. The SMILES string of the molecule is CCCNc1nc(N2CCC(COC)C2)c2ccsc2n1. The monoisotopic (exact) mass is 306 g/mol. The van der Waals surface area contributed by atoms with Crippen molar-refractivity contribution in [2.75, 3.05) is 43.6 Å².